The van der Waals surface area contributed by atoms with Crippen LogP contribution in [-0.4, -0.2) is 50.5 Å². The summed E-state index contributed by atoms with van der Waals surface area (Å²) in [4.78, 5) is 17.3. The fourth-order valence-corrected chi connectivity index (χ4v) is 0.998. The van der Waals surface area contributed by atoms with Crippen LogP contribution in [0.15, 0.2) is 17.1 Å². The number of hydrogen-bond acceptors (Lipinski definition) is 2. The first-order valence-electron chi connectivity index (χ1n) is 6.19. The number of carbonyl (C=O) groups excluding carboxylic acids is 1. The fourth-order valence-electron chi connectivity index (χ4n) is 0.998. The molecule has 0 radical (unpaired) electrons. The molecule has 0 aliphatic carbocycles. The van der Waals surface area contributed by atoms with Gasteiger partial charge in [0.05, 0.1) is 0 Å². The number of amides is 1. The predicted molar refractivity (Wildman–Crippen MR) is 76.7 cm³/mol. The number of carbonyl (C=O) groups is 1. The molecule has 0 unspecified atom stereocenters. The van der Waals surface area contributed by atoms with E-state index in [0.29, 0.717) is 18.4 Å². The molecule has 0 atom stereocenters. The van der Waals surface area contributed by atoms with E-state index in [1.807, 2.05) is 6.92 Å². The van der Waals surface area contributed by atoms with Crippen molar-refractivity contribution < 1.29 is 4.79 Å². The maximum absolute atomic E-state index is 11.5. The first-order chi connectivity index (χ1) is 8.32. The molecule has 0 bridgehead atoms. The van der Waals surface area contributed by atoms with Gasteiger partial charge in [-0.25, -0.2) is 4.99 Å². The Hall–Kier alpha value is -1.52. The molecule has 0 fully saturated rings. The lowest BCUT2D eigenvalue weighted by Gasteiger charge is -2.15. The Morgan fingerprint density at radius 1 is 1.33 bits per heavy atom. The first kappa shape index (κ1) is 16.5. The molecule has 0 saturated heterocycles. The van der Waals surface area contributed by atoms with Gasteiger partial charge in [0.25, 0.3) is 0 Å². The van der Waals surface area contributed by atoms with Crippen LogP contribution in [0.1, 0.15) is 20.8 Å². The Morgan fingerprint density at radius 3 is 2.39 bits per heavy atom. The summed E-state index contributed by atoms with van der Waals surface area (Å²) >= 11 is 0. The lowest BCUT2D eigenvalue weighted by molar-refractivity contribution is -0.127. The Morgan fingerprint density at radius 2 is 1.94 bits per heavy atom. The molecular formula is C13H26N4O. The van der Waals surface area contributed by atoms with E-state index in [4.69, 9.17) is 0 Å². The number of aliphatic imine (C=N–C) groups is 1. The van der Waals surface area contributed by atoms with Gasteiger partial charge in [0.1, 0.15) is 6.54 Å². The van der Waals surface area contributed by atoms with Crippen molar-refractivity contribution in [2.45, 2.75) is 20.8 Å². The third kappa shape index (κ3) is 8.61. The maximum atomic E-state index is 11.5. The number of rotatable bonds is 6. The molecule has 0 aromatic heterocycles. The first-order valence-corrected chi connectivity index (χ1v) is 6.19. The minimum absolute atomic E-state index is 0.0176. The molecule has 0 aromatic rings. The lowest BCUT2D eigenvalue weighted by Crippen LogP contribution is -2.40. The molecule has 0 saturated carbocycles. The second-order valence-electron chi connectivity index (χ2n) is 5.04. The van der Waals surface area contributed by atoms with E-state index in [-0.39, 0.29) is 12.5 Å². The molecule has 104 valence electrons. The van der Waals surface area contributed by atoms with Crippen LogP contribution in [0.4, 0.5) is 0 Å². The SMILES string of the molecule is C=C(C)CNC(=NCC(=O)N(C)C)NCC(C)C. The number of guanidine groups is 1. The van der Waals surface area contributed by atoms with Gasteiger partial charge in [-0.2, -0.15) is 0 Å². The number of hydrogen-bond donors (Lipinski definition) is 2. The van der Waals surface area contributed by atoms with Crippen molar-refractivity contribution in [2.75, 3.05) is 33.7 Å². The monoisotopic (exact) mass is 254 g/mol. The van der Waals surface area contributed by atoms with Gasteiger partial charge in [0, 0.05) is 27.2 Å². The van der Waals surface area contributed by atoms with Gasteiger partial charge in [0.2, 0.25) is 5.91 Å². The van der Waals surface area contributed by atoms with Crippen molar-refractivity contribution >= 4 is 11.9 Å². The minimum atomic E-state index is -0.0176. The normalized spacial score (nSPS) is 11.3. The summed E-state index contributed by atoms with van der Waals surface area (Å²) in [6, 6.07) is 0. The Balaban J connectivity index is 4.38. The van der Waals surface area contributed by atoms with Crippen molar-refractivity contribution in [3.8, 4) is 0 Å². The molecule has 5 nitrogen and oxygen atoms in total. The molecule has 0 rings (SSSR count). The third-order valence-electron chi connectivity index (χ3n) is 2.11. The van der Waals surface area contributed by atoms with E-state index in [1.54, 1.807) is 14.1 Å². The van der Waals surface area contributed by atoms with Gasteiger partial charge < -0.3 is 15.5 Å². The van der Waals surface area contributed by atoms with Gasteiger partial charge in [-0.15, -0.1) is 0 Å². The largest absolute Gasteiger partial charge is 0.356 e. The van der Waals surface area contributed by atoms with Crippen LogP contribution in [0.5, 0.6) is 0 Å². The zero-order valence-electron chi connectivity index (χ0n) is 12.2. The minimum Gasteiger partial charge on any atom is -0.356 e. The highest BCUT2D eigenvalue weighted by Crippen LogP contribution is 1.89. The topological polar surface area (TPSA) is 56.7 Å². The van der Waals surface area contributed by atoms with Gasteiger partial charge in [-0.3, -0.25) is 4.79 Å². The zero-order valence-corrected chi connectivity index (χ0v) is 12.2. The summed E-state index contributed by atoms with van der Waals surface area (Å²) in [7, 11) is 3.45. The van der Waals surface area contributed by atoms with Crippen LogP contribution in [0.25, 0.3) is 0 Å². The highest BCUT2D eigenvalue weighted by Gasteiger charge is 2.04. The molecule has 0 spiro atoms. The smallest absolute Gasteiger partial charge is 0.243 e. The number of nitrogens with zero attached hydrogens (tertiary/aromatic N) is 2. The highest BCUT2D eigenvalue weighted by atomic mass is 16.2. The average Bonchev–Trinajstić information content (AvgIpc) is 2.26. The van der Waals surface area contributed by atoms with Crippen LogP contribution in [0.3, 0.4) is 0 Å². The predicted octanol–water partition coefficient (Wildman–Crippen LogP) is 0.842. The second kappa shape index (κ2) is 8.55. The van der Waals surface area contributed by atoms with Gasteiger partial charge in [-0.05, 0) is 12.8 Å². The van der Waals surface area contributed by atoms with E-state index in [9.17, 15) is 4.79 Å². The summed E-state index contributed by atoms with van der Waals surface area (Å²) in [5, 5.41) is 6.33. The third-order valence-corrected chi connectivity index (χ3v) is 2.11. The molecule has 1 amide bonds. The number of nitrogens with one attached hydrogen (secondary N) is 2. The molecule has 0 aliphatic heterocycles. The van der Waals surface area contributed by atoms with Gasteiger partial charge in [0.15, 0.2) is 5.96 Å². The average molecular weight is 254 g/mol. The maximum Gasteiger partial charge on any atom is 0.243 e. The quantitative estimate of drug-likeness (QED) is 0.419. The molecular weight excluding hydrogens is 228 g/mol. The lowest BCUT2D eigenvalue weighted by atomic mass is 10.2. The van der Waals surface area contributed by atoms with Crippen molar-refractivity contribution in [2.24, 2.45) is 10.9 Å². The molecule has 0 aliphatic rings. The van der Waals surface area contributed by atoms with Crippen molar-refractivity contribution in [1.82, 2.24) is 15.5 Å². The van der Waals surface area contributed by atoms with Crippen molar-refractivity contribution in [1.29, 1.82) is 0 Å². The molecule has 18 heavy (non-hydrogen) atoms. The van der Waals surface area contributed by atoms with Crippen LogP contribution in [0.2, 0.25) is 0 Å². The summed E-state index contributed by atoms with van der Waals surface area (Å²) in [5.41, 5.74) is 1.02. The summed E-state index contributed by atoms with van der Waals surface area (Å²) in [5.74, 6) is 1.16. The Kier molecular flexibility index (Phi) is 7.83. The van der Waals surface area contributed by atoms with Crippen LogP contribution in [-0.2, 0) is 4.79 Å². The summed E-state index contributed by atoms with van der Waals surface area (Å²) in [6.45, 7) is 11.6. The molecule has 0 heterocycles. The molecule has 5 heteroatoms. The van der Waals surface area contributed by atoms with Crippen LogP contribution >= 0.6 is 0 Å². The van der Waals surface area contributed by atoms with Crippen molar-refractivity contribution in [3.63, 3.8) is 0 Å². The van der Waals surface area contributed by atoms with E-state index in [1.165, 1.54) is 4.90 Å². The van der Waals surface area contributed by atoms with E-state index < -0.39 is 0 Å². The number of likely N-dealkylation sites (N-methyl/N-ethyl adjacent to an activating group) is 1. The van der Waals surface area contributed by atoms with Gasteiger partial charge in [-0.1, -0.05) is 26.0 Å². The second-order valence-corrected chi connectivity index (χ2v) is 5.04. The molecule has 0 aromatic carbocycles. The summed E-state index contributed by atoms with van der Waals surface area (Å²) in [6.07, 6.45) is 0. The van der Waals surface area contributed by atoms with Crippen LogP contribution < -0.4 is 10.6 Å². The van der Waals surface area contributed by atoms with Crippen LogP contribution in [0, 0.1) is 5.92 Å². The standard InChI is InChI=1S/C13H26N4O/c1-10(2)7-14-13(15-8-11(3)4)16-9-12(18)17(5)6/h11H,1,7-9H2,2-6H3,(H2,14,15,16). The summed E-state index contributed by atoms with van der Waals surface area (Å²) < 4.78 is 0. The van der Waals surface area contributed by atoms with E-state index in [0.717, 1.165) is 12.1 Å². The zero-order chi connectivity index (χ0) is 14.1. The fraction of sp³-hybridized carbons (Fsp3) is 0.692. The Bertz CT molecular complexity index is 308. The van der Waals surface area contributed by atoms with Crippen molar-refractivity contribution in [3.05, 3.63) is 12.2 Å². The van der Waals surface area contributed by atoms with E-state index >= 15 is 0 Å². The molecule has 2 N–H and O–H groups in total. The Labute approximate surface area is 110 Å². The van der Waals surface area contributed by atoms with Gasteiger partial charge >= 0.3 is 0 Å². The van der Waals surface area contributed by atoms with E-state index in [2.05, 4.69) is 36.1 Å². The highest BCUT2D eigenvalue weighted by molar-refractivity contribution is 5.84.